The van der Waals surface area contributed by atoms with Crippen molar-refractivity contribution in [3.8, 4) is 11.4 Å². The summed E-state index contributed by atoms with van der Waals surface area (Å²) in [4.78, 5) is 27.2. The predicted octanol–water partition coefficient (Wildman–Crippen LogP) is 1.82. The second kappa shape index (κ2) is 7.06. The van der Waals surface area contributed by atoms with Gasteiger partial charge in [0.2, 0.25) is 0 Å². The number of carbonyl (C=O) groups is 1. The van der Waals surface area contributed by atoms with E-state index in [1.54, 1.807) is 17.9 Å². The summed E-state index contributed by atoms with van der Waals surface area (Å²) in [6, 6.07) is 12.4. The predicted molar refractivity (Wildman–Crippen MR) is 96.0 cm³/mol. The molecule has 1 aliphatic rings. The Morgan fingerprint density at radius 2 is 2.07 bits per heavy atom. The largest absolute Gasteiger partial charge is 0.488 e. The van der Waals surface area contributed by atoms with Crippen LogP contribution in [0.5, 0.6) is 5.75 Å². The average Bonchev–Trinajstić information content (AvgIpc) is 3.31. The minimum absolute atomic E-state index is 0.181. The third-order valence-corrected chi connectivity index (χ3v) is 4.30. The number of benzene rings is 1. The van der Waals surface area contributed by atoms with E-state index in [2.05, 4.69) is 10.2 Å². The second-order valence-corrected chi connectivity index (χ2v) is 6.36. The average molecular weight is 366 g/mol. The van der Waals surface area contributed by atoms with Crippen LogP contribution in [0.2, 0.25) is 0 Å². The standard InChI is InChI=1S/C19H18N4O4/c1-13-9-16(10-18(24)26-13)27-15-7-8-22(12-15)19(25)17-11-20-23(21-17)14-5-3-2-4-6-14/h2-6,9-11,15H,7-8,12H2,1H3. The van der Waals surface area contributed by atoms with Crippen LogP contribution in [0.1, 0.15) is 22.7 Å². The molecule has 0 aliphatic carbocycles. The highest BCUT2D eigenvalue weighted by molar-refractivity contribution is 5.92. The molecule has 8 nitrogen and oxygen atoms in total. The van der Waals surface area contributed by atoms with Crippen molar-refractivity contribution >= 4 is 5.91 Å². The summed E-state index contributed by atoms with van der Waals surface area (Å²) in [5, 5.41) is 8.44. The third-order valence-electron chi connectivity index (χ3n) is 4.30. The molecule has 3 aromatic rings. The van der Waals surface area contributed by atoms with E-state index in [0.717, 1.165) is 5.69 Å². The lowest BCUT2D eigenvalue weighted by Crippen LogP contribution is -2.31. The maximum Gasteiger partial charge on any atom is 0.339 e. The fourth-order valence-electron chi connectivity index (χ4n) is 3.05. The Hall–Kier alpha value is -3.42. The maximum atomic E-state index is 12.7. The Morgan fingerprint density at radius 3 is 2.85 bits per heavy atom. The highest BCUT2D eigenvalue weighted by atomic mass is 16.5. The first-order chi connectivity index (χ1) is 13.1. The minimum atomic E-state index is -0.451. The van der Waals surface area contributed by atoms with Gasteiger partial charge in [-0.3, -0.25) is 4.79 Å². The summed E-state index contributed by atoms with van der Waals surface area (Å²) in [5.74, 6) is 0.756. The fourth-order valence-corrected chi connectivity index (χ4v) is 3.05. The van der Waals surface area contributed by atoms with Gasteiger partial charge in [0.15, 0.2) is 5.69 Å². The molecule has 1 aliphatic heterocycles. The highest BCUT2D eigenvalue weighted by Gasteiger charge is 2.30. The number of hydrogen-bond acceptors (Lipinski definition) is 6. The Kier molecular flexibility index (Phi) is 4.45. The molecule has 1 fully saturated rings. The van der Waals surface area contributed by atoms with Gasteiger partial charge in [0.1, 0.15) is 17.6 Å². The molecular weight excluding hydrogens is 348 g/mol. The summed E-state index contributed by atoms with van der Waals surface area (Å²) >= 11 is 0. The lowest BCUT2D eigenvalue weighted by Gasteiger charge is -2.16. The van der Waals surface area contributed by atoms with Crippen LogP contribution >= 0.6 is 0 Å². The van der Waals surface area contributed by atoms with Crippen molar-refractivity contribution in [2.45, 2.75) is 19.4 Å². The van der Waals surface area contributed by atoms with Crippen molar-refractivity contribution in [2.24, 2.45) is 0 Å². The van der Waals surface area contributed by atoms with Gasteiger partial charge in [-0.1, -0.05) is 18.2 Å². The first kappa shape index (κ1) is 17.0. The van der Waals surface area contributed by atoms with Gasteiger partial charge in [-0.25, -0.2) is 4.79 Å². The van der Waals surface area contributed by atoms with Gasteiger partial charge in [-0.05, 0) is 19.1 Å². The van der Waals surface area contributed by atoms with Gasteiger partial charge in [0, 0.05) is 19.0 Å². The zero-order valence-corrected chi connectivity index (χ0v) is 14.7. The molecule has 2 aromatic heterocycles. The molecule has 8 heteroatoms. The maximum absolute atomic E-state index is 12.7. The summed E-state index contributed by atoms with van der Waals surface area (Å²) in [6.45, 7) is 2.67. The number of likely N-dealkylation sites (tertiary alicyclic amines) is 1. The van der Waals surface area contributed by atoms with Crippen LogP contribution in [0.25, 0.3) is 5.69 Å². The number of para-hydroxylation sites is 1. The van der Waals surface area contributed by atoms with Crippen molar-refractivity contribution in [1.29, 1.82) is 0 Å². The van der Waals surface area contributed by atoms with Crippen LogP contribution in [0, 0.1) is 6.92 Å². The minimum Gasteiger partial charge on any atom is -0.488 e. The van der Waals surface area contributed by atoms with Crippen molar-refractivity contribution in [2.75, 3.05) is 13.1 Å². The van der Waals surface area contributed by atoms with Gasteiger partial charge < -0.3 is 14.1 Å². The third kappa shape index (κ3) is 3.74. The monoisotopic (exact) mass is 366 g/mol. The Bertz CT molecular complexity index is 1010. The molecule has 1 unspecified atom stereocenters. The first-order valence-electron chi connectivity index (χ1n) is 8.64. The first-order valence-corrected chi connectivity index (χ1v) is 8.64. The molecule has 1 atom stereocenters. The number of nitrogens with zero attached hydrogens (tertiary/aromatic N) is 4. The molecule has 3 heterocycles. The molecule has 1 aromatic carbocycles. The number of rotatable bonds is 4. The van der Waals surface area contributed by atoms with Crippen LogP contribution in [0.15, 0.2) is 57.9 Å². The van der Waals surface area contributed by atoms with Crippen LogP contribution in [0.4, 0.5) is 0 Å². The highest BCUT2D eigenvalue weighted by Crippen LogP contribution is 2.19. The number of hydrogen-bond donors (Lipinski definition) is 0. The molecule has 138 valence electrons. The molecule has 27 heavy (non-hydrogen) atoms. The van der Waals surface area contributed by atoms with Gasteiger partial charge >= 0.3 is 5.63 Å². The molecular formula is C19H18N4O4. The van der Waals surface area contributed by atoms with Crippen molar-refractivity contribution < 1.29 is 13.9 Å². The van der Waals surface area contributed by atoms with Gasteiger partial charge in [0.05, 0.1) is 24.5 Å². The summed E-state index contributed by atoms with van der Waals surface area (Å²) in [5.41, 5.74) is 0.626. The molecule has 4 rings (SSSR count). The van der Waals surface area contributed by atoms with E-state index >= 15 is 0 Å². The van der Waals surface area contributed by atoms with Crippen molar-refractivity contribution in [3.05, 3.63) is 70.5 Å². The molecule has 0 bridgehead atoms. The van der Waals surface area contributed by atoms with E-state index in [1.807, 2.05) is 30.3 Å². The lowest BCUT2D eigenvalue weighted by atomic mass is 10.3. The van der Waals surface area contributed by atoms with Crippen LogP contribution < -0.4 is 10.4 Å². The van der Waals surface area contributed by atoms with Crippen LogP contribution in [0.3, 0.4) is 0 Å². The van der Waals surface area contributed by atoms with E-state index in [9.17, 15) is 9.59 Å². The van der Waals surface area contributed by atoms with E-state index in [1.165, 1.54) is 17.1 Å². The Balaban J connectivity index is 1.42. The van der Waals surface area contributed by atoms with E-state index in [0.29, 0.717) is 31.0 Å². The number of aryl methyl sites for hydroxylation is 1. The van der Waals surface area contributed by atoms with E-state index in [4.69, 9.17) is 9.15 Å². The van der Waals surface area contributed by atoms with Crippen LogP contribution in [-0.2, 0) is 0 Å². The number of carbonyl (C=O) groups excluding carboxylic acids is 1. The Labute approximate surface area is 155 Å². The normalized spacial score (nSPS) is 16.5. The molecule has 0 spiro atoms. The van der Waals surface area contributed by atoms with Gasteiger partial charge in [-0.15, -0.1) is 5.10 Å². The van der Waals surface area contributed by atoms with Gasteiger partial charge in [-0.2, -0.15) is 9.90 Å². The van der Waals surface area contributed by atoms with Gasteiger partial charge in [0.25, 0.3) is 5.91 Å². The quantitative estimate of drug-likeness (QED) is 0.700. The van der Waals surface area contributed by atoms with Crippen LogP contribution in [-0.4, -0.2) is 45.0 Å². The lowest BCUT2D eigenvalue weighted by molar-refractivity contribution is 0.0766. The number of amides is 1. The zero-order valence-electron chi connectivity index (χ0n) is 14.7. The molecule has 1 amide bonds. The topological polar surface area (TPSA) is 90.5 Å². The zero-order chi connectivity index (χ0) is 18.8. The fraction of sp³-hybridized carbons (Fsp3) is 0.263. The summed E-state index contributed by atoms with van der Waals surface area (Å²) < 4.78 is 10.8. The summed E-state index contributed by atoms with van der Waals surface area (Å²) in [6.07, 6.45) is 1.96. The molecule has 1 saturated heterocycles. The van der Waals surface area contributed by atoms with E-state index < -0.39 is 5.63 Å². The second-order valence-electron chi connectivity index (χ2n) is 6.36. The number of ether oxygens (including phenoxy) is 1. The molecule has 0 radical (unpaired) electrons. The van der Waals surface area contributed by atoms with Crippen molar-refractivity contribution in [3.63, 3.8) is 0 Å². The SMILES string of the molecule is Cc1cc(OC2CCN(C(=O)c3cnn(-c4ccccc4)n3)C2)cc(=O)o1. The molecule has 0 N–H and O–H groups in total. The smallest absolute Gasteiger partial charge is 0.339 e. The molecule has 0 saturated carbocycles. The van der Waals surface area contributed by atoms with Crippen molar-refractivity contribution in [1.82, 2.24) is 19.9 Å². The number of aromatic nitrogens is 3. The summed E-state index contributed by atoms with van der Waals surface area (Å²) in [7, 11) is 0. The Morgan fingerprint density at radius 1 is 1.26 bits per heavy atom. The van der Waals surface area contributed by atoms with E-state index in [-0.39, 0.29) is 17.7 Å².